The minimum absolute atomic E-state index is 0.0215. The number of aromatic nitrogens is 1. The molecule has 4 rings (SSSR count). The first-order chi connectivity index (χ1) is 15.0. The highest BCUT2D eigenvalue weighted by atomic mass is 35.5. The van der Waals surface area contributed by atoms with Crippen molar-refractivity contribution in [2.45, 2.75) is 20.8 Å². The van der Waals surface area contributed by atoms with Crippen LogP contribution in [0, 0.1) is 6.92 Å². The van der Waals surface area contributed by atoms with Gasteiger partial charge in [-0.25, -0.2) is 4.98 Å². The summed E-state index contributed by atoms with van der Waals surface area (Å²) in [4.78, 5) is 22.8. The molecule has 31 heavy (non-hydrogen) atoms. The van der Waals surface area contributed by atoms with Gasteiger partial charge in [0.15, 0.2) is 5.13 Å². The number of likely N-dealkylation sites (N-methyl/N-ethyl adjacent to an activating group) is 1. The average Bonchev–Trinajstić information content (AvgIpc) is 3.20. The normalized spacial score (nSPS) is 11.5. The molecule has 0 aliphatic heterocycles. The number of halogens is 1. The molecule has 1 aromatic heterocycles. The quantitative estimate of drug-likeness (QED) is 0.326. The van der Waals surface area contributed by atoms with Gasteiger partial charge in [-0.05, 0) is 54.5 Å². The number of amides is 1. The van der Waals surface area contributed by atoms with Gasteiger partial charge in [0.1, 0.15) is 0 Å². The third-order valence-electron chi connectivity index (χ3n) is 5.67. The van der Waals surface area contributed by atoms with Crippen LogP contribution in [0.15, 0.2) is 54.6 Å². The second-order valence-corrected chi connectivity index (χ2v) is 9.02. The number of carbonyl (C=O) groups excluding carboxylic acids is 1. The molecule has 0 spiro atoms. The molecule has 160 valence electrons. The lowest BCUT2D eigenvalue weighted by Crippen LogP contribution is -2.39. The van der Waals surface area contributed by atoms with Gasteiger partial charge >= 0.3 is 0 Å². The number of nitrogens with zero attached hydrogens (tertiary/aromatic N) is 3. The molecule has 4 nitrogen and oxygen atoms in total. The van der Waals surface area contributed by atoms with Crippen LogP contribution in [0.4, 0.5) is 5.13 Å². The van der Waals surface area contributed by atoms with E-state index < -0.39 is 0 Å². The van der Waals surface area contributed by atoms with Gasteiger partial charge < -0.3 is 4.90 Å². The SMILES string of the molecule is CCN(CC)CCN(C(=O)c1cccc2ccccc12)c1nc2c(C)cc(Cl)cc2s1. The third-order valence-corrected chi connectivity index (χ3v) is 6.91. The highest BCUT2D eigenvalue weighted by molar-refractivity contribution is 7.22. The summed E-state index contributed by atoms with van der Waals surface area (Å²) in [6, 6.07) is 17.7. The van der Waals surface area contributed by atoms with E-state index >= 15 is 0 Å². The van der Waals surface area contributed by atoms with Crippen molar-refractivity contribution in [3.05, 3.63) is 70.7 Å². The van der Waals surface area contributed by atoms with Crippen LogP contribution in [0.1, 0.15) is 29.8 Å². The fourth-order valence-corrected chi connectivity index (χ4v) is 5.33. The number of rotatable bonds is 7. The molecule has 0 unspecified atom stereocenters. The number of anilines is 1. The third kappa shape index (κ3) is 4.45. The molecule has 0 radical (unpaired) electrons. The van der Waals surface area contributed by atoms with Crippen molar-refractivity contribution in [3.63, 3.8) is 0 Å². The standard InChI is InChI=1S/C25H26ClN3OS/c1-4-28(5-2)13-14-29(25-27-23-17(3)15-19(26)16-22(23)31-25)24(30)21-12-8-10-18-9-6-7-11-20(18)21/h6-12,15-16H,4-5,13-14H2,1-3H3. The van der Waals surface area contributed by atoms with E-state index in [1.54, 1.807) is 0 Å². The summed E-state index contributed by atoms with van der Waals surface area (Å²) in [5.74, 6) is -0.0215. The minimum Gasteiger partial charge on any atom is -0.302 e. The van der Waals surface area contributed by atoms with Crippen molar-refractivity contribution < 1.29 is 4.79 Å². The van der Waals surface area contributed by atoms with Gasteiger partial charge in [0.25, 0.3) is 5.91 Å². The lowest BCUT2D eigenvalue weighted by molar-refractivity contribution is 0.0985. The van der Waals surface area contributed by atoms with E-state index in [0.29, 0.717) is 22.3 Å². The molecule has 4 aromatic rings. The van der Waals surface area contributed by atoms with Crippen molar-refractivity contribution in [1.29, 1.82) is 0 Å². The summed E-state index contributed by atoms with van der Waals surface area (Å²) in [6.07, 6.45) is 0. The maximum absolute atomic E-state index is 13.8. The van der Waals surface area contributed by atoms with Crippen molar-refractivity contribution in [2.75, 3.05) is 31.1 Å². The highest BCUT2D eigenvalue weighted by Gasteiger charge is 2.23. The monoisotopic (exact) mass is 451 g/mol. The Hall–Kier alpha value is -2.47. The number of aryl methyl sites for hydroxylation is 1. The Morgan fingerprint density at radius 2 is 1.77 bits per heavy atom. The number of carbonyl (C=O) groups is 1. The molecule has 0 N–H and O–H groups in total. The lowest BCUT2D eigenvalue weighted by atomic mass is 10.0. The minimum atomic E-state index is -0.0215. The summed E-state index contributed by atoms with van der Waals surface area (Å²) in [6.45, 7) is 9.55. The number of hydrogen-bond donors (Lipinski definition) is 0. The Morgan fingerprint density at radius 3 is 2.55 bits per heavy atom. The van der Waals surface area contributed by atoms with E-state index in [1.165, 1.54) is 11.3 Å². The second-order valence-electron chi connectivity index (χ2n) is 7.58. The first-order valence-electron chi connectivity index (χ1n) is 10.6. The average molecular weight is 452 g/mol. The summed E-state index contributed by atoms with van der Waals surface area (Å²) in [5.41, 5.74) is 2.63. The highest BCUT2D eigenvalue weighted by Crippen LogP contribution is 2.34. The van der Waals surface area contributed by atoms with Crippen molar-refractivity contribution in [3.8, 4) is 0 Å². The van der Waals surface area contributed by atoms with Gasteiger partial charge in [-0.15, -0.1) is 0 Å². The zero-order chi connectivity index (χ0) is 22.0. The van der Waals surface area contributed by atoms with Crippen LogP contribution in [0.5, 0.6) is 0 Å². The molecule has 0 bridgehead atoms. The molecule has 6 heteroatoms. The first-order valence-corrected chi connectivity index (χ1v) is 11.8. The van der Waals surface area contributed by atoms with Crippen molar-refractivity contribution in [1.82, 2.24) is 9.88 Å². The van der Waals surface area contributed by atoms with Gasteiger partial charge in [-0.1, -0.05) is 73.2 Å². The predicted molar refractivity (Wildman–Crippen MR) is 133 cm³/mol. The Kier molecular flexibility index (Phi) is 6.56. The zero-order valence-corrected chi connectivity index (χ0v) is 19.6. The van der Waals surface area contributed by atoms with Gasteiger partial charge in [0.2, 0.25) is 0 Å². The van der Waals surface area contributed by atoms with E-state index in [4.69, 9.17) is 16.6 Å². The Labute approximate surface area is 192 Å². The molecular formula is C25H26ClN3OS. The fraction of sp³-hybridized carbons (Fsp3) is 0.280. The van der Waals surface area contributed by atoms with Gasteiger partial charge in [0.05, 0.1) is 10.2 Å². The molecule has 1 heterocycles. The van der Waals surface area contributed by atoms with Crippen LogP contribution >= 0.6 is 22.9 Å². The summed E-state index contributed by atoms with van der Waals surface area (Å²) < 4.78 is 0.999. The van der Waals surface area contributed by atoms with Crippen LogP contribution in [0.3, 0.4) is 0 Å². The molecule has 1 amide bonds. The van der Waals surface area contributed by atoms with Gasteiger partial charge in [0, 0.05) is 23.7 Å². The summed E-state index contributed by atoms with van der Waals surface area (Å²) >= 11 is 7.79. The molecule has 3 aromatic carbocycles. The van der Waals surface area contributed by atoms with Crippen molar-refractivity contribution in [2.24, 2.45) is 0 Å². The van der Waals surface area contributed by atoms with E-state index in [-0.39, 0.29) is 5.91 Å². The fourth-order valence-electron chi connectivity index (χ4n) is 3.88. The molecule has 0 aliphatic carbocycles. The molecule has 0 fully saturated rings. The molecule has 0 aliphatic rings. The lowest BCUT2D eigenvalue weighted by Gasteiger charge is -2.25. The van der Waals surface area contributed by atoms with Gasteiger partial charge in [-0.3, -0.25) is 9.69 Å². The summed E-state index contributed by atoms with van der Waals surface area (Å²) in [7, 11) is 0. The largest absolute Gasteiger partial charge is 0.302 e. The zero-order valence-electron chi connectivity index (χ0n) is 18.1. The van der Waals surface area contributed by atoms with Crippen LogP contribution in [0.25, 0.3) is 21.0 Å². The molecule has 0 saturated heterocycles. The van der Waals surface area contributed by atoms with Crippen LogP contribution in [-0.4, -0.2) is 42.0 Å². The Bertz CT molecular complexity index is 1230. The van der Waals surface area contributed by atoms with Crippen LogP contribution < -0.4 is 4.90 Å². The predicted octanol–water partition coefficient (Wildman–Crippen LogP) is 6.40. The smallest absolute Gasteiger partial charge is 0.260 e. The number of benzene rings is 3. The first kappa shape index (κ1) is 21.8. The number of fused-ring (bicyclic) bond motifs is 2. The van der Waals surface area contributed by atoms with E-state index in [2.05, 4.69) is 18.7 Å². The van der Waals surface area contributed by atoms with Gasteiger partial charge in [-0.2, -0.15) is 0 Å². The Balaban J connectivity index is 1.79. The number of hydrogen-bond acceptors (Lipinski definition) is 4. The van der Waals surface area contributed by atoms with Crippen LogP contribution in [-0.2, 0) is 0 Å². The van der Waals surface area contributed by atoms with E-state index in [0.717, 1.165) is 46.2 Å². The second kappa shape index (κ2) is 9.35. The maximum atomic E-state index is 13.8. The Morgan fingerprint density at radius 1 is 1.03 bits per heavy atom. The number of thiazole rings is 1. The maximum Gasteiger partial charge on any atom is 0.260 e. The van der Waals surface area contributed by atoms with E-state index in [1.807, 2.05) is 66.4 Å². The molecular weight excluding hydrogens is 426 g/mol. The molecule has 0 atom stereocenters. The van der Waals surface area contributed by atoms with Crippen molar-refractivity contribution >= 4 is 55.0 Å². The summed E-state index contributed by atoms with van der Waals surface area (Å²) in [5, 5.41) is 3.42. The van der Waals surface area contributed by atoms with Crippen LogP contribution in [0.2, 0.25) is 5.02 Å². The topological polar surface area (TPSA) is 36.4 Å². The molecule has 0 saturated carbocycles. The van der Waals surface area contributed by atoms with E-state index in [9.17, 15) is 4.79 Å².